The highest BCUT2D eigenvalue weighted by molar-refractivity contribution is 5.86. The first-order valence-electron chi connectivity index (χ1n) is 7.64. The van der Waals surface area contributed by atoms with Crippen LogP contribution in [-0.2, 0) is 18.9 Å². The highest BCUT2D eigenvalue weighted by atomic mass is 16.8. The molecule has 1 aromatic rings. The van der Waals surface area contributed by atoms with Gasteiger partial charge in [0.2, 0.25) is 0 Å². The lowest BCUT2D eigenvalue weighted by Crippen LogP contribution is -2.29. The van der Waals surface area contributed by atoms with Crippen molar-refractivity contribution in [1.29, 1.82) is 0 Å². The van der Waals surface area contributed by atoms with Crippen molar-refractivity contribution in [2.24, 2.45) is 0 Å². The minimum absolute atomic E-state index is 0.321. The standard InChI is InChI=1S/C10H18O5.C6H8N2O2/c1-9(2,3)14-7(11)13-8(12)15-10(4,5)6;1-2-10-6(9)5-3-4-7-8-5/h1-6H3;3-4H,2H2,1H3,(H,7,8). The number of hydrogen-bond acceptors (Lipinski definition) is 8. The smallest absolute Gasteiger partial charge is 0.461 e. The molecule has 142 valence electrons. The Bertz CT molecular complexity index is 528. The van der Waals surface area contributed by atoms with Crippen LogP contribution < -0.4 is 0 Å². The van der Waals surface area contributed by atoms with Gasteiger partial charge < -0.3 is 18.9 Å². The number of esters is 1. The molecule has 0 atom stereocenters. The van der Waals surface area contributed by atoms with Crippen LogP contribution in [0.25, 0.3) is 0 Å². The van der Waals surface area contributed by atoms with E-state index >= 15 is 0 Å². The Morgan fingerprint density at radius 2 is 1.48 bits per heavy atom. The molecule has 0 unspecified atom stereocenters. The van der Waals surface area contributed by atoms with Crippen LogP contribution in [0.1, 0.15) is 59.0 Å². The van der Waals surface area contributed by atoms with Gasteiger partial charge in [0.05, 0.1) is 6.61 Å². The normalized spacial score (nSPS) is 10.8. The summed E-state index contributed by atoms with van der Waals surface area (Å²) < 4.78 is 18.5. The molecule has 0 aliphatic carbocycles. The van der Waals surface area contributed by atoms with E-state index in [1.165, 1.54) is 0 Å². The van der Waals surface area contributed by atoms with Gasteiger partial charge >= 0.3 is 18.3 Å². The lowest BCUT2D eigenvalue weighted by atomic mass is 10.2. The molecule has 9 heteroatoms. The second-order valence-corrected chi connectivity index (χ2v) is 6.71. The van der Waals surface area contributed by atoms with Gasteiger partial charge in [-0.25, -0.2) is 14.4 Å². The van der Waals surface area contributed by atoms with Crippen LogP contribution in [-0.4, -0.2) is 46.3 Å². The molecule has 0 aliphatic heterocycles. The SMILES string of the molecule is CC(C)(C)OC(=O)OC(=O)OC(C)(C)C.CCOC(=O)c1cc[nH]n1. The zero-order valence-electron chi connectivity index (χ0n) is 15.7. The maximum absolute atomic E-state index is 11.0. The van der Waals surface area contributed by atoms with E-state index < -0.39 is 23.5 Å². The summed E-state index contributed by atoms with van der Waals surface area (Å²) in [5, 5.41) is 6.15. The first-order valence-corrected chi connectivity index (χ1v) is 7.64. The Labute approximate surface area is 147 Å². The molecule has 0 amide bonds. The van der Waals surface area contributed by atoms with Gasteiger partial charge in [-0.1, -0.05) is 0 Å². The quantitative estimate of drug-likeness (QED) is 0.485. The van der Waals surface area contributed by atoms with Crippen molar-refractivity contribution in [2.45, 2.75) is 59.7 Å². The molecule has 0 saturated carbocycles. The second kappa shape index (κ2) is 9.65. The molecule has 0 fully saturated rings. The van der Waals surface area contributed by atoms with E-state index in [1.807, 2.05) is 0 Å². The Morgan fingerprint density at radius 1 is 1.00 bits per heavy atom. The van der Waals surface area contributed by atoms with Crippen molar-refractivity contribution in [3.8, 4) is 0 Å². The molecule has 0 spiro atoms. The fourth-order valence-electron chi connectivity index (χ4n) is 1.19. The third-order valence-electron chi connectivity index (χ3n) is 1.93. The average molecular weight is 358 g/mol. The fraction of sp³-hybridized carbons (Fsp3) is 0.625. The van der Waals surface area contributed by atoms with Gasteiger partial charge in [0, 0.05) is 6.20 Å². The summed E-state index contributed by atoms with van der Waals surface area (Å²) in [5.74, 6) is -0.385. The molecule has 25 heavy (non-hydrogen) atoms. The van der Waals surface area contributed by atoms with Crippen molar-refractivity contribution in [3.05, 3.63) is 18.0 Å². The molecule has 0 bridgehead atoms. The predicted octanol–water partition coefficient (Wildman–Crippen LogP) is 3.46. The first-order chi connectivity index (χ1) is 11.3. The van der Waals surface area contributed by atoms with Crippen LogP contribution in [0.3, 0.4) is 0 Å². The van der Waals surface area contributed by atoms with Crippen LogP contribution >= 0.6 is 0 Å². The molecule has 0 aliphatic rings. The molecule has 1 aromatic heterocycles. The van der Waals surface area contributed by atoms with Crippen molar-refractivity contribution in [3.63, 3.8) is 0 Å². The summed E-state index contributed by atoms with van der Waals surface area (Å²) in [5.41, 5.74) is -1.07. The zero-order valence-corrected chi connectivity index (χ0v) is 15.7. The molecule has 1 heterocycles. The van der Waals surface area contributed by atoms with E-state index in [1.54, 1.807) is 60.7 Å². The molecule has 0 saturated heterocycles. The van der Waals surface area contributed by atoms with Gasteiger partial charge in [0.1, 0.15) is 11.2 Å². The van der Waals surface area contributed by atoms with Crippen molar-refractivity contribution < 1.29 is 33.3 Å². The summed E-state index contributed by atoms with van der Waals surface area (Å²) in [7, 11) is 0. The molecule has 1 N–H and O–H groups in total. The topological polar surface area (TPSA) is 117 Å². The monoisotopic (exact) mass is 358 g/mol. The highest BCUT2D eigenvalue weighted by Crippen LogP contribution is 2.11. The van der Waals surface area contributed by atoms with Crippen molar-refractivity contribution >= 4 is 18.3 Å². The van der Waals surface area contributed by atoms with E-state index in [9.17, 15) is 14.4 Å². The second-order valence-electron chi connectivity index (χ2n) is 6.71. The Hall–Kier alpha value is -2.58. The third kappa shape index (κ3) is 12.5. The van der Waals surface area contributed by atoms with Crippen molar-refractivity contribution in [1.82, 2.24) is 10.2 Å². The Kier molecular flexibility index (Phi) is 8.66. The summed E-state index contributed by atoms with van der Waals surface area (Å²) in [6.07, 6.45) is -0.541. The predicted molar refractivity (Wildman–Crippen MR) is 88.1 cm³/mol. The summed E-state index contributed by atoms with van der Waals surface area (Å²) >= 11 is 0. The number of rotatable bonds is 2. The average Bonchev–Trinajstić information content (AvgIpc) is 2.88. The molecular formula is C16H26N2O7. The van der Waals surface area contributed by atoms with Gasteiger partial charge in [0.25, 0.3) is 0 Å². The van der Waals surface area contributed by atoms with Crippen LogP contribution in [0.5, 0.6) is 0 Å². The number of ether oxygens (including phenoxy) is 4. The van der Waals surface area contributed by atoms with Crippen molar-refractivity contribution in [2.75, 3.05) is 6.61 Å². The number of carbonyl (C=O) groups excluding carboxylic acids is 3. The molecule has 9 nitrogen and oxygen atoms in total. The van der Waals surface area contributed by atoms with E-state index in [0.717, 1.165) is 0 Å². The first kappa shape index (κ1) is 22.4. The molecule has 0 radical (unpaired) electrons. The summed E-state index contributed by atoms with van der Waals surface area (Å²) in [6, 6.07) is 1.57. The van der Waals surface area contributed by atoms with Crippen LogP contribution in [0.4, 0.5) is 9.59 Å². The lowest BCUT2D eigenvalue weighted by Gasteiger charge is -2.20. The highest BCUT2D eigenvalue weighted by Gasteiger charge is 2.24. The number of nitrogens with one attached hydrogen (secondary N) is 1. The van der Waals surface area contributed by atoms with Crippen LogP contribution in [0, 0.1) is 0 Å². The Morgan fingerprint density at radius 3 is 1.80 bits per heavy atom. The number of aromatic amines is 1. The zero-order chi connectivity index (χ0) is 19.7. The Balaban J connectivity index is 0.000000496. The van der Waals surface area contributed by atoms with Crippen LogP contribution in [0.15, 0.2) is 12.3 Å². The van der Waals surface area contributed by atoms with Gasteiger partial charge in [-0.2, -0.15) is 5.10 Å². The molecule has 1 rings (SSSR count). The largest absolute Gasteiger partial charge is 0.519 e. The minimum Gasteiger partial charge on any atom is -0.461 e. The number of hydrogen-bond donors (Lipinski definition) is 1. The van der Waals surface area contributed by atoms with E-state index in [2.05, 4.69) is 19.7 Å². The number of carbonyl (C=O) groups is 3. The third-order valence-corrected chi connectivity index (χ3v) is 1.93. The minimum atomic E-state index is -1.06. The summed E-state index contributed by atoms with van der Waals surface area (Å²) in [4.78, 5) is 32.8. The molecule has 0 aromatic carbocycles. The maximum atomic E-state index is 11.0. The fourth-order valence-corrected chi connectivity index (χ4v) is 1.19. The molecular weight excluding hydrogens is 332 g/mol. The number of aromatic nitrogens is 2. The van der Waals surface area contributed by atoms with Gasteiger partial charge in [0.15, 0.2) is 5.69 Å². The number of nitrogens with zero attached hydrogens (tertiary/aromatic N) is 1. The van der Waals surface area contributed by atoms with E-state index in [4.69, 9.17) is 9.47 Å². The maximum Gasteiger partial charge on any atom is 0.519 e. The lowest BCUT2D eigenvalue weighted by molar-refractivity contribution is -0.0294. The van der Waals surface area contributed by atoms with Gasteiger partial charge in [-0.3, -0.25) is 5.10 Å². The van der Waals surface area contributed by atoms with Crippen LogP contribution in [0.2, 0.25) is 0 Å². The van der Waals surface area contributed by atoms with E-state index in [-0.39, 0.29) is 5.97 Å². The van der Waals surface area contributed by atoms with E-state index in [0.29, 0.717) is 12.3 Å². The van der Waals surface area contributed by atoms with Gasteiger partial charge in [-0.15, -0.1) is 0 Å². The summed E-state index contributed by atoms with van der Waals surface area (Å²) in [6.45, 7) is 12.2. The van der Waals surface area contributed by atoms with Gasteiger partial charge in [-0.05, 0) is 54.5 Å². The number of H-pyrrole nitrogens is 1.